The van der Waals surface area contributed by atoms with Crippen molar-refractivity contribution in [2.45, 2.75) is 33.2 Å². The van der Waals surface area contributed by atoms with Gasteiger partial charge < -0.3 is 4.57 Å². The molecule has 0 radical (unpaired) electrons. The minimum Gasteiger partial charge on any atom is -0.325 e. The lowest BCUT2D eigenvalue weighted by molar-refractivity contribution is 0.406. The summed E-state index contributed by atoms with van der Waals surface area (Å²) in [7, 11) is 0. The van der Waals surface area contributed by atoms with Gasteiger partial charge in [-0.1, -0.05) is 29.8 Å². The molecule has 1 heterocycles. The number of alkyl halides is 1. The first kappa shape index (κ1) is 13.9. The van der Waals surface area contributed by atoms with Gasteiger partial charge in [0.1, 0.15) is 5.82 Å². The molecule has 0 aliphatic carbocycles. The molecule has 4 heteroatoms. The maximum absolute atomic E-state index is 5.89. The maximum atomic E-state index is 5.89. The summed E-state index contributed by atoms with van der Waals surface area (Å²) in [5.41, 5.74) is 2.23. The Morgan fingerprint density at radius 3 is 2.67 bits per heavy atom. The monoisotopic (exact) mass is 328 g/mol. The van der Waals surface area contributed by atoms with E-state index in [1.165, 1.54) is 5.52 Å². The van der Waals surface area contributed by atoms with Gasteiger partial charge >= 0.3 is 0 Å². The van der Waals surface area contributed by atoms with Gasteiger partial charge in [0, 0.05) is 22.8 Å². The molecule has 0 saturated carbocycles. The maximum Gasteiger partial charge on any atom is 0.111 e. The number of imidazole rings is 1. The van der Waals surface area contributed by atoms with Crippen LogP contribution in [0.3, 0.4) is 0 Å². The Balaban J connectivity index is 2.64. The number of fused-ring (bicyclic) bond motifs is 1. The lowest BCUT2D eigenvalue weighted by Crippen LogP contribution is -2.15. The van der Waals surface area contributed by atoms with Crippen molar-refractivity contribution in [3.63, 3.8) is 0 Å². The third kappa shape index (κ3) is 2.57. The highest BCUT2D eigenvalue weighted by molar-refractivity contribution is 9.10. The smallest absolute Gasteiger partial charge is 0.111 e. The van der Waals surface area contributed by atoms with Crippen LogP contribution in [0, 0.1) is 5.92 Å². The highest BCUT2D eigenvalue weighted by atomic mass is 79.9. The lowest BCUT2D eigenvalue weighted by Gasteiger charge is -2.21. The van der Waals surface area contributed by atoms with Crippen LogP contribution in [0.4, 0.5) is 0 Å². The molecule has 2 aromatic rings. The Labute approximate surface area is 121 Å². The van der Waals surface area contributed by atoms with Crippen molar-refractivity contribution in [1.29, 1.82) is 0 Å². The minimum absolute atomic E-state index is 0.419. The van der Waals surface area contributed by atoms with E-state index in [0.29, 0.717) is 17.8 Å². The van der Waals surface area contributed by atoms with Crippen molar-refractivity contribution >= 4 is 38.6 Å². The van der Waals surface area contributed by atoms with E-state index >= 15 is 0 Å². The Kier molecular flexibility index (Phi) is 4.33. The van der Waals surface area contributed by atoms with Crippen molar-refractivity contribution in [2.24, 2.45) is 5.92 Å². The Hall–Kier alpha value is -0.540. The van der Waals surface area contributed by atoms with Gasteiger partial charge in [-0.2, -0.15) is 0 Å². The second-order valence-corrected chi connectivity index (χ2v) is 6.25. The SMILES string of the molecule is CC(C)C(C)n1c(CCCl)nc2ccc(Br)cc21. The van der Waals surface area contributed by atoms with Crippen LogP contribution in [0.15, 0.2) is 22.7 Å². The molecule has 0 amide bonds. The van der Waals surface area contributed by atoms with Crippen LogP contribution >= 0.6 is 27.5 Å². The predicted molar refractivity (Wildman–Crippen MR) is 81.4 cm³/mol. The molecule has 0 bridgehead atoms. The fourth-order valence-corrected chi connectivity index (χ4v) is 2.65. The molecular weight excluding hydrogens is 312 g/mol. The molecule has 1 aromatic heterocycles. The lowest BCUT2D eigenvalue weighted by atomic mass is 10.1. The van der Waals surface area contributed by atoms with E-state index in [9.17, 15) is 0 Å². The molecule has 2 rings (SSSR count). The summed E-state index contributed by atoms with van der Waals surface area (Å²) in [5, 5.41) is 0. The van der Waals surface area contributed by atoms with E-state index in [4.69, 9.17) is 16.6 Å². The molecule has 18 heavy (non-hydrogen) atoms. The normalized spacial score (nSPS) is 13.4. The fourth-order valence-electron chi connectivity index (χ4n) is 2.13. The Morgan fingerprint density at radius 2 is 2.06 bits per heavy atom. The van der Waals surface area contributed by atoms with E-state index in [-0.39, 0.29) is 0 Å². The number of benzene rings is 1. The molecule has 0 fully saturated rings. The molecule has 0 aliphatic rings. The number of hydrogen-bond acceptors (Lipinski definition) is 1. The van der Waals surface area contributed by atoms with Crippen molar-refractivity contribution in [3.05, 3.63) is 28.5 Å². The Bertz CT molecular complexity index is 548. The molecule has 0 saturated heterocycles. The topological polar surface area (TPSA) is 17.8 Å². The van der Waals surface area contributed by atoms with E-state index in [0.717, 1.165) is 22.2 Å². The molecule has 1 atom stereocenters. The standard InChI is InChI=1S/C14H18BrClN2/c1-9(2)10(3)18-13-8-11(15)4-5-12(13)17-14(18)6-7-16/h4-5,8-10H,6-7H2,1-3H3. The molecule has 0 N–H and O–H groups in total. The van der Waals surface area contributed by atoms with Gasteiger partial charge in [0.15, 0.2) is 0 Å². The number of aromatic nitrogens is 2. The molecular formula is C14H18BrClN2. The summed E-state index contributed by atoms with van der Waals surface area (Å²) in [5.74, 6) is 2.25. The number of rotatable bonds is 4. The number of nitrogens with zero attached hydrogens (tertiary/aromatic N) is 2. The van der Waals surface area contributed by atoms with Crippen LogP contribution in [0.1, 0.15) is 32.6 Å². The van der Waals surface area contributed by atoms with Crippen LogP contribution in [0.5, 0.6) is 0 Å². The summed E-state index contributed by atoms with van der Waals surface area (Å²) < 4.78 is 3.41. The molecule has 0 spiro atoms. The number of aryl methyl sites for hydroxylation is 1. The molecule has 98 valence electrons. The van der Waals surface area contributed by atoms with Gasteiger partial charge in [0.2, 0.25) is 0 Å². The third-order valence-electron chi connectivity index (χ3n) is 3.41. The fraction of sp³-hybridized carbons (Fsp3) is 0.500. The summed E-state index contributed by atoms with van der Waals surface area (Å²) >= 11 is 9.42. The Morgan fingerprint density at radius 1 is 1.33 bits per heavy atom. The average Bonchev–Trinajstić information content (AvgIpc) is 2.66. The van der Waals surface area contributed by atoms with Crippen molar-refractivity contribution in [2.75, 3.05) is 5.88 Å². The molecule has 2 nitrogen and oxygen atoms in total. The second-order valence-electron chi connectivity index (χ2n) is 4.95. The first-order chi connectivity index (χ1) is 8.54. The van der Waals surface area contributed by atoms with Gasteiger partial charge in [-0.3, -0.25) is 0 Å². The van der Waals surface area contributed by atoms with Crippen LogP contribution in [-0.2, 0) is 6.42 Å². The minimum atomic E-state index is 0.419. The summed E-state index contributed by atoms with van der Waals surface area (Å²) in [4.78, 5) is 4.70. The number of halogens is 2. The zero-order chi connectivity index (χ0) is 13.3. The summed E-state index contributed by atoms with van der Waals surface area (Å²) in [6.45, 7) is 6.71. The van der Waals surface area contributed by atoms with Crippen LogP contribution in [-0.4, -0.2) is 15.4 Å². The highest BCUT2D eigenvalue weighted by Crippen LogP contribution is 2.28. The summed E-state index contributed by atoms with van der Waals surface area (Å²) in [6.07, 6.45) is 0.810. The third-order valence-corrected chi connectivity index (χ3v) is 4.10. The first-order valence-electron chi connectivity index (χ1n) is 6.27. The predicted octanol–water partition coefficient (Wildman–Crippen LogP) is 4.80. The van der Waals surface area contributed by atoms with E-state index < -0.39 is 0 Å². The van der Waals surface area contributed by atoms with Crippen molar-refractivity contribution < 1.29 is 0 Å². The van der Waals surface area contributed by atoms with Gasteiger partial charge in [-0.25, -0.2) is 4.98 Å². The van der Waals surface area contributed by atoms with Gasteiger partial charge in [0.25, 0.3) is 0 Å². The molecule has 0 aliphatic heterocycles. The molecule has 1 unspecified atom stereocenters. The van der Waals surface area contributed by atoms with E-state index in [1.54, 1.807) is 0 Å². The van der Waals surface area contributed by atoms with Gasteiger partial charge in [-0.15, -0.1) is 11.6 Å². The van der Waals surface area contributed by atoms with Crippen molar-refractivity contribution in [3.8, 4) is 0 Å². The van der Waals surface area contributed by atoms with Crippen LogP contribution < -0.4 is 0 Å². The zero-order valence-electron chi connectivity index (χ0n) is 11.0. The quantitative estimate of drug-likeness (QED) is 0.737. The largest absolute Gasteiger partial charge is 0.325 e. The average molecular weight is 330 g/mol. The number of hydrogen-bond donors (Lipinski definition) is 0. The van der Waals surface area contributed by atoms with E-state index in [1.807, 2.05) is 6.07 Å². The van der Waals surface area contributed by atoms with Gasteiger partial charge in [0.05, 0.1) is 11.0 Å². The zero-order valence-corrected chi connectivity index (χ0v) is 13.3. The summed E-state index contributed by atoms with van der Waals surface area (Å²) in [6, 6.07) is 6.65. The highest BCUT2D eigenvalue weighted by Gasteiger charge is 2.18. The molecule has 1 aromatic carbocycles. The van der Waals surface area contributed by atoms with E-state index in [2.05, 4.69) is 53.4 Å². The first-order valence-corrected chi connectivity index (χ1v) is 7.59. The van der Waals surface area contributed by atoms with Crippen molar-refractivity contribution in [1.82, 2.24) is 9.55 Å². The van der Waals surface area contributed by atoms with Crippen LogP contribution in [0.25, 0.3) is 11.0 Å². The van der Waals surface area contributed by atoms with Gasteiger partial charge in [-0.05, 0) is 31.0 Å². The van der Waals surface area contributed by atoms with Crippen LogP contribution in [0.2, 0.25) is 0 Å². The second kappa shape index (κ2) is 5.62.